The number of hydrogen-bond acceptors (Lipinski definition) is 3. The van der Waals surface area contributed by atoms with Crippen LogP contribution < -0.4 is 0 Å². The van der Waals surface area contributed by atoms with E-state index in [4.69, 9.17) is 16.7 Å². The zero-order chi connectivity index (χ0) is 11.3. The van der Waals surface area contributed by atoms with E-state index in [2.05, 4.69) is 12.3 Å². The molecule has 1 aromatic rings. The van der Waals surface area contributed by atoms with Gasteiger partial charge in [-0.1, -0.05) is 11.6 Å². The van der Waals surface area contributed by atoms with Gasteiger partial charge in [-0.2, -0.15) is 0 Å². The highest BCUT2D eigenvalue weighted by Crippen LogP contribution is 2.35. The lowest BCUT2D eigenvalue weighted by Crippen LogP contribution is -1.91. The van der Waals surface area contributed by atoms with Gasteiger partial charge in [0.05, 0.1) is 5.02 Å². The Hall–Kier alpha value is 0.170. The van der Waals surface area contributed by atoms with Gasteiger partial charge >= 0.3 is 0 Å². The normalized spacial score (nSPS) is 10.7. The van der Waals surface area contributed by atoms with Crippen LogP contribution in [-0.2, 0) is 6.42 Å². The molecule has 0 saturated carbocycles. The average Bonchev–Trinajstić information content (AvgIpc) is 2.25. The third kappa shape index (κ3) is 3.59. The lowest BCUT2D eigenvalue weighted by Gasteiger charge is -2.10. The molecule has 15 heavy (non-hydrogen) atoms. The predicted octanol–water partition coefficient (Wildman–Crippen LogP) is 3.71. The monoisotopic (exact) mass is 262 g/mol. The van der Waals surface area contributed by atoms with Crippen LogP contribution in [0.15, 0.2) is 21.9 Å². The largest absolute Gasteiger partial charge is 0.396 e. The summed E-state index contributed by atoms with van der Waals surface area (Å²) < 4.78 is 0. The van der Waals surface area contributed by atoms with E-state index < -0.39 is 0 Å². The third-order valence-corrected chi connectivity index (χ3v) is 4.27. The molecule has 0 spiro atoms. The van der Waals surface area contributed by atoms with Gasteiger partial charge in [-0.3, -0.25) is 0 Å². The molecule has 0 radical (unpaired) electrons. The number of aliphatic hydroxyl groups is 1. The van der Waals surface area contributed by atoms with Gasteiger partial charge < -0.3 is 5.11 Å². The Labute approximate surface area is 105 Å². The highest BCUT2D eigenvalue weighted by molar-refractivity contribution is 8.01. The molecule has 1 nitrogen and oxygen atoms in total. The molecule has 0 aliphatic rings. The Balaban J connectivity index is 2.97. The summed E-state index contributed by atoms with van der Waals surface area (Å²) in [6, 6.07) is 4.17. The van der Waals surface area contributed by atoms with Crippen molar-refractivity contribution in [2.24, 2.45) is 0 Å². The zero-order valence-electron chi connectivity index (χ0n) is 8.92. The molecule has 0 heterocycles. The van der Waals surface area contributed by atoms with Gasteiger partial charge in [-0.25, -0.2) is 0 Å². The van der Waals surface area contributed by atoms with Crippen LogP contribution in [0.4, 0.5) is 0 Å². The topological polar surface area (TPSA) is 20.2 Å². The molecule has 0 aliphatic carbocycles. The van der Waals surface area contributed by atoms with E-state index in [9.17, 15) is 0 Å². The van der Waals surface area contributed by atoms with Crippen molar-refractivity contribution in [3.8, 4) is 0 Å². The first-order valence-corrected chi connectivity index (χ1v) is 7.57. The molecular weight excluding hydrogens is 248 g/mol. The number of aryl methyl sites for hydroxylation is 1. The molecule has 0 bridgehead atoms. The summed E-state index contributed by atoms with van der Waals surface area (Å²) in [5, 5.41) is 9.60. The maximum Gasteiger partial charge on any atom is 0.0555 e. The van der Waals surface area contributed by atoms with Gasteiger partial charge in [0, 0.05) is 16.4 Å². The summed E-state index contributed by atoms with van der Waals surface area (Å²) in [6.07, 6.45) is 5.77. The molecule has 84 valence electrons. The minimum Gasteiger partial charge on any atom is -0.396 e. The lowest BCUT2D eigenvalue weighted by molar-refractivity contribution is 0.288. The Morgan fingerprint density at radius 1 is 1.27 bits per heavy atom. The minimum atomic E-state index is 0.233. The van der Waals surface area contributed by atoms with Crippen molar-refractivity contribution in [2.75, 3.05) is 19.1 Å². The highest BCUT2D eigenvalue weighted by Gasteiger charge is 2.07. The van der Waals surface area contributed by atoms with E-state index >= 15 is 0 Å². The standard InChI is InChI=1S/C11H15ClOS2/c1-14-10-7-8(4-3-5-13)6-9(12)11(10)15-2/h6-7,13H,3-5H2,1-2H3. The minimum absolute atomic E-state index is 0.233. The van der Waals surface area contributed by atoms with Crippen molar-refractivity contribution >= 4 is 35.1 Å². The Bertz CT molecular complexity index is 329. The summed E-state index contributed by atoms with van der Waals surface area (Å²) in [7, 11) is 0. The molecule has 0 amide bonds. The zero-order valence-corrected chi connectivity index (χ0v) is 11.3. The fourth-order valence-electron chi connectivity index (χ4n) is 1.40. The first-order chi connectivity index (χ1) is 7.22. The lowest BCUT2D eigenvalue weighted by atomic mass is 10.1. The maximum absolute atomic E-state index is 8.78. The summed E-state index contributed by atoms with van der Waals surface area (Å²) in [5.74, 6) is 0. The number of thioether (sulfide) groups is 2. The molecule has 4 heteroatoms. The van der Waals surface area contributed by atoms with Crippen LogP contribution in [0.1, 0.15) is 12.0 Å². The van der Waals surface area contributed by atoms with Crippen molar-refractivity contribution in [3.05, 3.63) is 22.7 Å². The Morgan fingerprint density at radius 3 is 2.53 bits per heavy atom. The molecule has 0 saturated heterocycles. The fourth-order valence-corrected chi connectivity index (χ4v) is 3.51. The van der Waals surface area contributed by atoms with Crippen molar-refractivity contribution in [1.29, 1.82) is 0 Å². The number of benzene rings is 1. The van der Waals surface area contributed by atoms with Gasteiger partial charge in [0.2, 0.25) is 0 Å². The smallest absolute Gasteiger partial charge is 0.0555 e. The number of aliphatic hydroxyl groups excluding tert-OH is 1. The van der Waals surface area contributed by atoms with Crippen molar-refractivity contribution in [2.45, 2.75) is 22.6 Å². The van der Waals surface area contributed by atoms with E-state index in [0.717, 1.165) is 22.8 Å². The van der Waals surface area contributed by atoms with Crippen LogP contribution in [0.25, 0.3) is 0 Å². The third-order valence-electron chi connectivity index (χ3n) is 2.12. The first-order valence-electron chi connectivity index (χ1n) is 4.74. The SMILES string of the molecule is CSc1cc(CCCO)cc(Cl)c1SC. The van der Waals surface area contributed by atoms with Gasteiger partial charge in [-0.05, 0) is 43.0 Å². The summed E-state index contributed by atoms with van der Waals surface area (Å²) in [5.41, 5.74) is 1.20. The summed E-state index contributed by atoms with van der Waals surface area (Å²) in [6.45, 7) is 0.233. The summed E-state index contributed by atoms with van der Waals surface area (Å²) >= 11 is 9.59. The van der Waals surface area contributed by atoms with Gasteiger partial charge in [0.1, 0.15) is 0 Å². The molecule has 1 aromatic carbocycles. The fraction of sp³-hybridized carbons (Fsp3) is 0.455. The van der Waals surface area contributed by atoms with E-state index in [1.807, 2.05) is 12.3 Å². The molecule has 0 aliphatic heterocycles. The van der Waals surface area contributed by atoms with E-state index in [-0.39, 0.29) is 6.61 Å². The molecule has 0 atom stereocenters. The predicted molar refractivity (Wildman–Crippen MR) is 70.4 cm³/mol. The molecule has 0 fully saturated rings. The first kappa shape index (κ1) is 13.2. The number of rotatable bonds is 5. The van der Waals surface area contributed by atoms with Crippen LogP contribution in [-0.4, -0.2) is 24.2 Å². The van der Waals surface area contributed by atoms with Crippen LogP contribution in [0.5, 0.6) is 0 Å². The highest BCUT2D eigenvalue weighted by atomic mass is 35.5. The van der Waals surface area contributed by atoms with Crippen LogP contribution in [0.2, 0.25) is 5.02 Å². The molecule has 0 aromatic heterocycles. The average molecular weight is 263 g/mol. The van der Waals surface area contributed by atoms with Crippen molar-refractivity contribution in [1.82, 2.24) is 0 Å². The Kier molecular flexibility index (Phi) is 5.90. The van der Waals surface area contributed by atoms with Gasteiger partial charge in [0.15, 0.2) is 0 Å². The molecular formula is C11H15ClOS2. The van der Waals surface area contributed by atoms with Gasteiger partial charge in [-0.15, -0.1) is 23.5 Å². The molecule has 1 rings (SSSR count). The van der Waals surface area contributed by atoms with Gasteiger partial charge in [0.25, 0.3) is 0 Å². The van der Waals surface area contributed by atoms with Crippen LogP contribution in [0, 0.1) is 0 Å². The van der Waals surface area contributed by atoms with E-state index in [1.165, 1.54) is 10.5 Å². The molecule has 1 N–H and O–H groups in total. The summed E-state index contributed by atoms with van der Waals surface area (Å²) in [4.78, 5) is 2.37. The Morgan fingerprint density at radius 2 is 2.00 bits per heavy atom. The maximum atomic E-state index is 8.78. The second-order valence-electron chi connectivity index (χ2n) is 3.14. The van der Waals surface area contributed by atoms with E-state index in [0.29, 0.717) is 0 Å². The second-order valence-corrected chi connectivity index (χ2v) is 5.21. The van der Waals surface area contributed by atoms with E-state index in [1.54, 1.807) is 23.5 Å². The number of halogens is 1. The van der Waals surface area contributed by atoms with Crippen molar-refractivity contribution < 1.29 is 5.11 Å². The molecule has 0 unspecified atom stereocenters. The van der Waals surface area contributed by atoms with Crippen molar-refractivity contribution in [3.63, 3.8) is 0 Å². The van der Waals surface area contributed by atoms with Crippen LogP contribution >= 0.6 is 35.1 Å². The second kappa shape index (κ2) is 6.69. The number of hydrogen-bond donors (Lipinski definition) is 1. The quantitative estimate of drug-likeness (QED) is 0.817. The van der Waals surface area contributed by atoms with Crippen LogP contribution in [0.3, 0.4) is 0 Å².